The number of carbonyl (C=O) groups is 2. The number of carbonyl (C=O) groups excluding carboxylic acids is 2. The van der Waals surface area contributed by atoms with E-state index in [0.717, 1.165) is 72.3 Å². The summed E-state index contributed by atoms with van der Waals surface area (Å²) in [5.41, 5.74) is 7.50. The molecule has 2 amide bonds. The van der Waals surface area contributed by atoms with Crippen LogP contribution in [0.4, 0.5) is 0 Å². The first-order chi connectivity index (χ1) is 23.9. The van der Waals surface area contributed by atoms with Crippen molar-refractivity contribution in [2.45, 2.75) is 82.4 Å². The number of unbranched alkanes of at least 4 members (excludes halogenated alkanes) is 1. The number of benzene rings is 3. The van der Waals surface area contributed by atoms with Gasteiger partial charge in [0.25, 0.3) is 0 Å². The van der Waals surface area contributed by atoms with Gasteiger partial charge in [-0.25, -0.2) is 5.48 Å². The summed E-state index contributed by atoms with van der Waals surface area (Å²) in [6, 6.07) is 24.2. The van der Waals surface area contributed by atoms with E-state index in [2.05, 4.69) is 22.3 Å². The Balaban J connectivity index is 1.11. The van der Waals surface area contributed by atoms with Crippen molar-refractivity contribution in [1.29, 1.82) is 0 Å². The van der Waals surface area contributed by atoms with Crippen LogP contribution in [0.5, 0.6) is 0 Å². The van der Waals surface area contributed by atoms with Gasteiger partial charge in [0.2, 0.25) is 11.8 Å². The van der Waals surface area contributed by atoms with Gasteiger partial charge in [0, 0.05) is 63.8 Å². The third-order valence-corrected chi connectivity index (χ3v) is 9.68. The summed E-state index contributed by atoms with van der Waals surface area (Å²) in [6.45, 7) is 4.28. The van der Waals surface area contributed by atoms with E-state index in [9.17, 15) is 14.7 Å². The zero-order valence-electron chi connectivity index (χ0n) is 27.9. The lowest BCUT2D eigenvalue weighted by Crippen LogP contribution is -2.48. The average molecular weight is 674 g/mol. The monoisotopic (exact) mass is 673 g/mol. The van der Waals surface area contributed by atoms with Gasteiger partial charge in [-0.2, -0.15) is 0 Å². The smallest absolute Gasteiger partial charge is 0.243 e. The van der Waals surface area contributed by atoms with E-state index < -0.39 is 18.0 Å². The number of hydroxylamine groups is 1. The van der Waals surface area contributed by atoms with Crippen molar-refractivity contribution in [2.24, 2.45) is 0 Å². The van der Waals surface area contributed by atoms with E-state index >= 15 is 0 Å². The van der Waals surface area contributed by atoms with Gasteiger partial charge in [-0.3, -0.25) is 14.8 Å². The van der Waals surface area contributed by atoms with Crippen LogP contribution in [-0.4, -0.2) is 71.8 Å². The van der Waals surface area contributed by atoms with Crippen LogP contribution in [0.2, 0.25) is 0 Å². The average Bonchev–Trinajstić information content (AvgIpc) is 3.61. The van der Waals surface area contributed by atoms with Gasteiger partial charge < -0.3 is 34.3 Å². The summed E-state index contributed by atoms with van der Waals surface area (Å²) in [5.74, 6) is -0.947. The Kier molecular flexibility index (Phi) is 12.1. The molecule has 3 aromatic carbocycles. The third kappa shape index (κ3) is 9.31. The number of hydrogen-bond acceptors (Lipinski definition) is 9. The summed E-state index contributed by atoms with van der Waals surface area (Å²) < 4.78 is 25.1. The Morgan fingerprint density at radius 1 is 0.837 bits per heavy atom. The standard InChI is InChI=1S/C38H47N3O8/c42-26-27-9-11-29(12-10-27)34-23-32(25-41-19-17-38(18-20-41)46-21-22-47-38)48-37(49-34)30-15-13-28(14-16-30)33-6-2-1-5-31(33)24-39-35(43)7-3-4-8-36(44)40-45/h1-2,5-6,9-16,32,34,37,42,45H,3-4,7-8,17-26H2,(H,39,43)(H,40,44)/t32-,34+,37+/m0/s1. The van der Waals surface area contributed by atoms with Gasteiger partial charge >= 0.3 is 0 Å². The SMILES string of the molecule is O=C(CCCCC(=O)NCc1ccccc1-c1ccc([C@@H]2O[C@H](CN3CCC4(CC3)OCCO4)C[C@H](c3ccc(CO)cc3)O2)cc1)NO. The van der Waals surface area contributed by atoms with E-state index in [1.807, 2.05) is 60.7 Å². The Morgan fingerprint density at radius 2 is 1.51 bits per heavy atom. The molecule has 0 aliphatic carbocycles. The van der Waals surface area contributed by atoms with Crippen molar-refractivity contribution in [3.63, 3.8) is 0 Å². The topological polar surface area (TPSA) is 139 Å². The molecular formula is C38H47N3O8. The predicted molar refractivity (Wildman–Crippen MR) is 181 cm³/mol. The molecule has 4 N–H and O–H groups in total. The Hall–Kier alpha value is -3.68. The van der Waals surface area contributed by atoms with Crippen LogP contribution in [-0.2, 0) is 41.7 Å². The molecule has 3 fully saturated rings. The molecule has 1 spiro atoms. The molecule has 0 aromatic heterocycles. The highest BCUT2D eigenvalue weighted by Crippen LogP contribution is 2.39. The van der Waals surface area contributed by atoms with Gasteiger partial charge in [-0.1, -0.05) is 72.8 Å². The van der Waals surface area contributed by atoms with E-state index in [1.165, 1.54) is 0 Å². The number of aliphatic hydroxyl groups excluding tert-OH is 1. The summed E-state index contributed by atoms with van der Waals surface area (Å²) in [6.07, 6.45) is 3.25. The molecule has 3 aromatic rings. The fourth-order valence-electron chi connectivity index (χ4n) is 6.87. The molecular weight excluding hydrogens is 626 g/mol. The molecule has 262 valence electrons. The lowest BCUT2D eigenvalue weighted by atomic mass is 9.97. The number of nitrogens with zero attached hydrogens (tertiary/aromatic N) is 1. The highest BCUT2D eigenvalue weighted by atomic mass is 16.7. The molecule has 3 heterocycles. The molecule has 3 atom stereocenters. The van der Waals surface area contributed by atoms with Crippen molar-refractivity contribution in [3.05, 3.63) is 95.1 Å². The Morgan fingerprint density at radius 3 is 2.20 bits per heavy atom. The first-order valence-electron chi connectivity index (χ1n) is 17.3. The molecule has 0 saturated carbocycles. The molecule has 0 bridgehead atoms. The molecule has 0 unspecified atom stereocenters. The molecule has 3 saturated heterocycles. The number of aliphatic hydroxyl groups is 1. The fraction of sp³-hybridized carbons (Fsp3) is 0.474. The lowest BCUT2D eigenvalue weighted by Gasteiger charge is -2.41. The summed E-state index contributed by atoms with van der Waals surface area (Å²) in [7, 11) is 0. The first kappa shape index (κ1) is 35.2. The van der Waals surface area contributed by atoms with Crippen molar-refractivity contribution < 1.29 is 38.9 Å². The molecule has 6 rings (SSSR count). The van der Waals surface area contributed by atoms with Crippen LogP contribution < -0.4 is 10.8 Å². The number of rotatable bonds is 13. The normalized spacial score (nSPS) is 22.2. The highest BCUT2D eigenvalue weighted by molar-refractivity contribution is 5.77. The van der Waals surface area contributed by atoms with Crippen molar-refractivity contribution in [1.82, 2.24) is 15.7 Å². The maximum atomic E-state index is 12.5. The zero-order chi connectivity index (χ0) is 34.1. The number of ether oxygens (including phenoxy) is 4. The Bertz CT molecular complexity index is 1520. The Labute approximate surface area is 287 Å². The second-order valence-electron chi connectivity index (χ2n) is 13.1. The van der Waals surface area contributed by atoms with Crippen molar-refractivity contribution in [2.75, 3.05) is 32.8 Å². The molecule has 49 heavy (non-hydrogen) atoms. The molecule has 3 aliphatic rings. The van der Waals surface area contributed by atoms with E-state index in [4.69, 9.17) is 24.2 Å². The minimum Gasteiger partial charge on any atom is -0.392 e. The second kappa shape index (κ2) is 16.8. The maximum Gasteiger partial charge on any atom is 0.243 e. The van der Waals surface area contributed by atoms with Crippen LogP contribution in [0, 0.1) is 0 Å². The van der Waals surface area contributed by atoms with E-state index in [1.54, 1.807) is 5.48 Å². The van der Waals surface area contributed by atoms with Crippen LogP contribution >= 0.6 is 0 Å². The van der Waals surface area contributed by atoms with E-state index in [-0.39, 0.29) is 31.1 Å². The largest absolute Gasteiger partial charge is 0.392 e. The van der Waals surface area contributed by atoms with Gasteiger partial charge in [0.15, 0.2) is 12.1 Å². The van der Waals surface area contributed by atoms with Crippen molar-refractivity contribution >= 4 is 11.8 Å². The number of hydrogen-bond donors (Lipinski definition) is 4. The minimum atomic E-state index is -0.550. The van der Waals surface area contributed by atoms with Crippen LogP contribution in [0.15, 0.2) is 72.8 Å². The molecule has 11 heteroatoms. The van der Waals surface area contributed by atoms with Crippen molar-refractivity contribution in [3.8, 4) is 11.1 Å². The second-order valence-corrected chi connectivity index (χ2v) is 13.1. The van der Waals surface area contributed by atoms with Crippen LogP contribution in [0.25, 0.3) is 11.1 Å². The number of likely N-dealkylation sites (tertiary alicyclic amines) is 1. The van der Waals surface area contributed by atoms with Crippen LogP contribution in [0.1, 0.15) is 79.6 Å². The number of nitrogens with one attached hydrogen (secondary N) is 2. The third-order valence-electron chi connectivity index (χ3n) is 9.68. The molecule has 11 nitrogen and oxygen atoms in total. The molecule has 3 aliphatic heterocycles. The van der Waals surface area contributed by atoms with Gasteiger partial charge in [0.1, 0.15) is 0 Å². The summed E-state index contributed by atoms with van der Waals surface area (Å²) in [4.78, 5) is 26.1. The van der Waals surface area contributed by atoms with Crippen LogP contribution in [0.3, 0.4) is 0 Å². The maximum absolute atomic E-state index is 12.5. The molecule has 0 radical (unpaired) electrons. The predicted octanol–water partition coefficient (Wildman–Crippen LogP) is 4.91. The van der Waals surface area contributed by atoms with Gasteiger partial charge in [-0.15, -0.1) is 0 Å². The zero-order valence-corrected chi connectivity index (χ0v) is 27.9. The van der Waals surface area contributed by atoms with Gasteiger partial charge in [0.05, 0.1) is 32.0 Å². The minimum absolute atomic E-state index is 0.000710. The summed E-state index contributed by atoms with van der Waals surface area (Å²) >= 11 is 0. The number of amides is 2. The fourth-order valence-corrected chi connectivity index (χ4v) is 6.87. The lowest BCUT2D eigenvalue weighted by molar-refractivity contribution is -0.255. The first-order valence-corrected chi connectivity index (χ1v) is 17.3. The van der Waals surface area contributed by atoms with E-state index in [0.29, 0.717) is 39.0 Å². The van der Waals surface area contributed by atoms with Gasteiger partial charge in [-0.05, 0) is 40.7 Å². The number of piperidine rings is 1. The quantitative estimate of drug-likeness (QED) is 0.113. The summed E-state index contributed by atoms with van der Waals surface area (Å²) in [5, 5.41) is 21.2. The highest BCUT2D eigenvalue weighted by Gasteiger charge is 2.41.